The zero-order chi connectivity index (χ0) is 11.2. The summed E-state index contributed by atoms with van der Waals surface area (Å²) >= 11 is 0. The molecule has 3 heteroatoms. The molecule has 0 unspecified atom stereocenters. The number of aliphatic hydroxyl groups excluding tert-OH is 1. The Hall–Kier alpha value is -1.48. The van der Waals surface area contributed by atoms with Crippen molar-refractivity contribution in [1.29, 1.82) is 0 Å². The van der Waals surface area contributed by atoms with Gasteiger partial charge in [-0.15, -0.1) is 0 Å². The van der Waals surface area contributed by atoms with Gasteiger partial charge in [0.25, 0.3) is 0 Å². The van der Waals surface area contributed by atoms with Crippen LogP contribution >= 0.6 is 0 Å². The molecule has 16 heavy (non-hydrogen) atoms. The van der Waals surface area contributed by atoms with Crippen LogP contribution in [0, 0.1) is 0 Å². The van der Waals surface area contributed by atoms with Crippen LogP contribution in [0.25, 0.3) is 0 Å². The lowest BCUT2D eigenvalue weighted by molar-refractivity contribution is 0.230. The lowest BCUT2D eigenvalue weighted by Crippen LogP contribution is -2.13. The van der Waals surface area contributed by atoms with Gasteiger partial charge in [0.2, 0.25) is 0 Å². The molecular weight excluding hydrogens is 204 g/mol. The molecule has 0 fully saturated rings. The van der Waals surface area contributed by atoms with E-state index >= 15 is 0 Å². The van der Waals surface area contributed by atoms with E-state index in [4.69, 9.17) is 14.6 Å². The average Bonchev–Trinajstić information content (AvgIpc) is 2.34. The molecule has 1 aliphatic heterocycles. The average molecular weight is 220 g/mol. The summed E-state index contributed by atoms with van der Waals surface area (Å²) in [5.74, 6) is 2.44. The Kier molecular flexibility index (Phi) is 3.83. The summed E-state index contributed by atoms with van der Waals surface area (Å²) in [4.78, 5) is 0. The Morgan fingerprint density at radius 1 is 1.19 bits per heavy atom. The fourth-order valence-electron chi connectivity index (χ4n) is 1.59. The van der Waals surface area contributed by atoms with E-state index in [1.807, 2.05) is 30.3 Å². The Morgan fingerprint density at radius 3 is 2.81 bits per heavy atom. The first-order valence-electron chi connectivity index (χ1n) is 5.60. The molecule has 0 aromatic heterocycles. The maximum Gasteiger partial charge on any atom is 0.168 e. The normalized spacial score (nSPS) is 16.4. The van der Waals surface area contributed by atoms with Crippen LogP contribution in [-0.4, -0.2) is 18.3 Å². The van der Waals surface area contributed by atoms with Crippen molar-refractivity contribution in [3.63, 3.8) is 0 Å². The van der Waals surface area contributed by atoms with E-state index in [1.165, 1.54) is 0 Å². The number of unbranched alkanes of at least 4 members (excludes halogenated alkanes) is 2. The van der Waals surface area contributed by atoms with Crippen molar-refractivity contribution in [3.05, 3.63) is 36.1 Å². The highest BCUT2D eigenvalue weighted by Crippen LogP contribution is 2.32. The van der Waals surface area contributed by atoms with E-state index in [-0.39, 0.29) is 6.61 Å². The fraction of sp³-hybridized carbons (Fsp3) is 0.385. The molecule has 0 amide bonds. The maximum absolute atomic E-state index is 8.66. The molecule has 0 radical (unpaired) electrons. The van der Waals surface area contributed by atoms with Crippen LogP contribution < -0.4 is 9.47 Å². The standard InChI is InChI=1S/C13H16O3/c14-9-5-1-2-6-11-10-15-12-7-3-4-8-13(12)16-11/h3-4,6-8,14H,1-2,5,9-10H2. The van der Waals surface area contributed by atoms with E-state index < -0.39 is 0 Å². The van der Waals surface area contributed by atoms with Crippen molar-refractivity contribution in [2.24, 2.45) is 0 Å². The Balaban J connectivity index is 1.92. The number of ether oxygens (including phenoxy) is 2. The highest BCUT2D eigenvalue weighted by Gasteiger charge is 2.13. The summed E-state index contributed by atoms with van der Waals surface area (Å²) in [7, 11) is 0. The molecule has 1 heterocycles. The van der Waals surface area contributed by atoms with E-state index in [0.29, 0.717) is 6.61 Å². The number of para-hydroxylation sites is 2. The molecule has 0 bridgehead atoms. The van der Waals surface area contributed by atoms with Gasteiger partial charge in [0.1, 0.15) is 12.4 Å². The smallest absolute Gasteiger partial charge is 0.168 e. The summed E-state index contributed by atoms with van der Waals surface area (Å²) in [5.41, 5.74) is 0. The Bertz CT molecular complexity index is 371. The van der Waals surface area contributed by atoms with E-state index in [0.717, 1.165) is 36.5 Å². The van der Waals surface area contributed by atoms with Gasteiger partial charge in [-0.05, 0) is 37.5 Å². The zero-order valence-corrected chi connectivity index (χ0v) is 9.19. The van der Waals surface area contributed by atoms with Gasteiger partial charge in [0, 0.05) is 6.61 Å². The number of hydrogen-bond donors (Lipinski definition) is 1. The first-order valence-corrected chi connectivity index (χ1v) is 5.60. The molecule has 3 nitrogen and oxygen atoms in total. The minimum Gasteiger partial charge on any atom is -0.482 e. The summed E-state index contributed by atoms with van der Waals surface area (Å²) in [5, 5.41) is 8.66. The van der Waals surface area contributed by atoms with Gasteiger partial charge in [-0.1, -0.05) is 12.1 Å². The van der Waals surface area contributed by atoms with Crippen LogP contribution in [-0.2, 0) is 0 Å². The quantitative estimate of drug-likeness (QED) is 0.792. The van der Waals surface area contributed by atoms with Gasteiger partial charge < -0.3 is 14.6 Å². The van der Waals surface area contributed by atoms with Crippen molar-refractivity contribution in [2.45, 2.75) is 19.3 Å². The summed E-state index contributed by atoms with van der Waals surface area (Å²) in [6.07, 6.45) is 4.76. The Morgan fingerprint density at radius 2 is 2.00 bits per heavy atom. The largest absolute Gasteiger partial charge is 0.482 e. The molecule has 1 aromatic rings. The van der Waals surface area contributed by atoms with Gasteiger partial charge in [-0.2, -0.15) is 0 Å². The summed E-state index contributed by atoms with van der Waals surface area (Å²) in [6, 6.07) is 7.66. The highest BCUT2D eigenvalue weighted by atomic mass is 16.6. The highest BCUT2D eigenvalue weighted by molar-refractivity contribution is 5.42. The van der Waals surface area contributed by atoms with Gasteiger partial charge in [-0.25, -0.2) is 0 Å². The maximum atomic E-state index is 8.66. The van der Waals surface area contributed by atoms with Crippen LogP contribution in [0.15, 0.2) is 36.1 Å². The molecule has 2 rings (SSSR count). The lowest BCUT2D eigenvalue weighted by atomic mass is 10.2. The van der Waals surface area contributed by atoms with Crippen molar-refractivity contribution < 1.29 is 14.6 Å². The molecule has 86 valence electrons. The lowest BCUT2D eigenvalue weighted by Gasteiger charge is -2.20. The Labute approximate surface area is 95.3 Å². The van der Waals surface area contributed by atoms with Gasteiger partial charge in [0.05, 0.1) is 0 Å². The van der Waals surface area contributed by atoms with E-state index in [1.54, 1.807) is 0 Å². The van der Waals surface area contributed by atoms with Crippen LogP contribution in [0.4, 0.5) is 0 Å². The minimum atomic E-state index is 0.253. The number of allylic oxidation sites excluding steroid dienone is 1. The van der Waals surface area contributed by atoms with Crippen molar-refractivity contribution in [2.75, 3.05) is 13.2 Å². The number of aliphatic hydroxyl groups is 1. The number of rotatable bonds is 4. The molecule has 1 aliphatic rings. The third kappa shape index (κ3) is 2.76. The van der Waals surface area contributed by atoms with Crippen LogP contribution in [0.2, 0.25) is 0 Å². The summed E-state index contributed by atoms with van der Waals surface area (Å²) < 4.78 is 11.2. The second-order valence-electron chi connectivity index (χ2n) is 3.73. The first-order chi connectivity index (χ1) is 7.90. The second kappa shape index (κ2) is 5.56. The number of benzene rings is 1. The molecule has 0 saturated heterocycles. The molecule has 1 N–H and O–H groups in total. The van der Waals surface area contributed by atoms with Crippen LogP contribution in [0.1, 0.15) is 19.3 Å². The number of hydrogen-bond acceptors (Lipinski definition) is 3. The van der Waals surface area contributed by atoms with E-state index in [2.05, 4.69) is 0 Å². The monoisotopic (exact) mass is 220 g/mol. The molecule has 0 atom stereocenters. The van der Waals surface area contributed by atoms with Gasteiger partial charge in [-0.3, -0.25) is 0 Å². The number of fused-ring (bicyclic) bond motifs is 1. The predicted molar refractivity (Wildman–Crippen MR) is 61.6 cm³/mol. The topological polar surface area (TPSA) is 38.7 Å². The molecule has 1 aromatic carbocycles. The second-order valence-corrected chi connectivity index (χ2v) is 3.73. The zero-order valence-electron chi connectivity index (χ0n) is 9.19. The fourth-order valence-corrected chi connectivity index (χ4v) is 1.59. The van der Waals surface area contributed by atoms with Gasteiger partial charge in [0.15, 0.2) is 11.5 Å². The van der Waals surface area contributed by atoms with Crippen molar-refractivity contribution >= 4 is 0 Å². The SMILES string of the molecule is OCCCCC=C1COc2ccccc2O1. The molecular formula is C13H16O3. The van der Waals surface area contributed by atoms with Crippen LogP contribution in [0.5, 0.6) is 11.5 Å². The predicted octanol–water partition coefficient (Wildman–Crippen LogP) is 2.50. The molecule has 0 spiro atoms. The summed E-state index contributed by atoms with van der Waals surface area (Å²) in [6.45, 7) is 0.750. The molecule has 0 aliphatic carbocycles. The van der Waals surface area contributed by atoms with Crippen molar-refractivity contribution in [1.82, 2.24) is 0 Å². The van der Waals surface area contributed by atoms with Crippen LogP contribution in [0.3, 0.4) is 0 Å². The van der Waals surface area contributed by atoms with E-state index in [9.17, 15) is 0 Å². The van der Waals surface area contributed by atoms with Crippen molar-refractivity contribution in [3.8, 4) is 11.5 Å². The van der Waals surface area contributed by atoms with Gasteiger partial charge >= 0.3 is 0 Å². The third-order valence-corrected chi connectivity index (χ3v) is 2.44. The first kappa shape index (κ1) is 11.0. The minimum absolute atomic E-state index is 0.253. The third-order valence-electron chi connectivity index (χ3n) is 2.44. The molecule has 0 saturated carbocycles.